The van der Waals surface area contributed by atoms with Gasteiger partial charge in [-0.25, -0.2) is 0 Å². The highest BCUT2D eigenvalue weighted by atomic mass is 32.1. The first-order valence-electron chi connectivity index (χ1n) is 6.12. The fourth-order valence-electron chi connectivity index (χ4n) is 1.67. The highest BCUT2D eigenvalue weighted by molar-refractivity contribution is 7.13. The second-order valence-corrected chi connectivity index (χ2v) is 6.48. The first-order chi connectivity index (χ1) is 8.90. The number of rotatable bonds is 3. The summed E-state index contributed by atoms with van der Waals surface area (Å²) in [6, 6.07) is 6.15. The molecule has 5 heteroatoms. The maximum absolute atomic E-state index is 8.95. The first-order valence-corrected chi connectivity index (χ1v) is 6.94. The summed E-state index contributed by atoms with van der Waals surface area (Å²) in [5.74, 6) is 0.772. The van der Waals surface area contributed by atoms with E-state index >= 15 is 0 Å². The van der Waals surface area contributed by atoms with E-state index in [1.54, 1.807) is 0 Å². The molecule has 0 aliphatic carbocycles. The molecule has 0 radical (unpaired) electrons. The Hall–Kier alpha value is -1.46. The number of aliphatic hydroxyl groups is 1. The molecule has 2 rings (SSSR count). The van der Waals surface area contributed by atoms with Gasteiger partial charge in [-0.2, -0.15) is 0 Å². The monoisotopic (exact) mass is 278 g/mol. The number of hydrogen-bond acceptors (Lipinski definition) is 5. The smallest absolute Gasteiger partial charge is 0.299 e. The molecule has 0 unspecified atom stereocenters. The van der Waals surface area contributed by atoms with Crippen molar-refractivity contribution < 1.29 is 9.84 Å². The lowest BCUT2D eigenvalue weighted by molar-refractivity contribution is 0.280. The van der Waals surface area contributed by atoms with Crippen LogP contribution in [0.5, 0.6) is 10.9 Å². The SMILES string of the molecule is Cc1cc(C(C)(C)C)ccc1Oc1nnc(CO)s1. The first kappa shape index (κ1) is 14.0. The number of aromatic nitrogens is 2. The Balaban J connectivity index is 2.22. The summed E-state index contributed by atoms with van der Waals surface area (Å²) in [6.45, 7) is 8.45. The molecule has 4 nitrogen and oxygen atoms in total. The van der Waals surface area contributed by atoms with Crippen LogP contribution in [0.3, 0.4) is 0 Å². The third kappa shape index (κ3) is 3.30. The van der Waals surface area contributed by atoms with Gasteiger partial charge in [0.2, 0.25) is 0 Å². The molecular formula is C14H18N2O2S. The van der Waals surface area contributed by atoms with E-state index < -0.39 is 0 Å². The van der Waals surface area contributed by atoms with Gasteiger partial charge in [0.25, 0.3) is 5.19 Å². The molecule has 0 saturated heterocycles. The Morgan fingerprint density at radius 2 is 2.00 bits per heavy atom. The number of hydrogen-bond donors (Lipinski definition) is 1. The van der Waals surface area contributed by atoms with E-state index in [0.29, 0.717) is 10.2 Å². The highest BCUT2D eigenvalue weighted by Gasteiger charge is 2.15. The molecular weight excluding hydrogens is 260 g/mol. The summed E-state index contributed by atoms with van der Waals surface area (Å²) in [6.07, 6.45) is 0. The van der Waals surface area contributed by atoms with E-state index in [-0.39, 0.29) is 12.0 Å². The number of benzene rings is 1. The van der Waals surface area contributed by atoms with Gasteiger partial charge in [-0.15, -0.1) is 5.10 Å². The van der Waals surface area contributed by atoms with Crippen LogP contribution in [0.1, 0.15) is 36.9 Å². The Kier molecular flexibility index (Phi) is 3.87. The van der Waals surface area contributed by atoms with Crippen LogP contribution in [0.4, 0.5) is 0 Å². The minimum Gasteiger partial charge on any atom is -0.430 e. The lowest BCUT2D eigenvalue weighted by Gasteiger charge is -2.20. The van der Waals surface area contributed by atoms with Gasteiger partial charge in [-0.1, -0.05) is 49.3 Å². The van der Waals surface area contributed by atoms with Crippen molar-refractivity contribution in [2.24, 2.45) is 0 Å². The second kappa shape index (κ2) is 5.27. The largest absolute Gasteiger partial charge is 0.430 e. The Bertz CT molecular complexity index is 573. The van der Waals surface area contributed by atoms with Crippen molar-refractivity contribution in [2.75, 3.05) is 0 Å². The zero-order chi connectivity index (χ0) is 14.0. The zero-order valence-electron chi connectivity index (χ0n) is 11.6. The summed E-state index contributed by atoms with van der Waals surface area (Å²) in [5, 5.41) is 17.7. The lowest BCUT2D eigenvalue weighted by Crippen LogP contribution is -2.11. The van der Waals surface area contributed by atoms with Crippen molar-refractivity contribution in [1.82, 2.24) is 10.2 Å². The van der Waals surface area contributed by atoms with Gasteiger partial charge in [-0.3, -0.25) is 0 Å². The molecule has 102 valence electrons. The molecule has 1 aromatic carbocycles. The molecule has 0 bridgehead atoms. The summed E-state index contributed by atoms with van der Waals surface area (Å²) in [7, 11) is 0. The molecule has 1 N–H and O–H groups in total. The van der Waals surface area contributed by atoms with Crippen LogP contribution in [0.2, 0.25) is 0 Å². The number of nitrogens with zero attached hydrogens (tertiary/aromatic N) is 2. The van der Waals surface area contributed by atoms with E-state index in [0.717, 1.165) is 11.3 Å². The second-order valence-electron chi connectivity index (χ2n) is 5.45. The maximum atomic E-state index is 8.95. The molecule has 1 aromatic heterocycles. The van der Waals surface area contributed by atoms with Crippen molar-refractivity contribution in [3.8, 4) is 10.9 Å². The van der Waals surface area contributed by atoms with Gasteiger partial charge in [0.05, 0.1) is 6.61 Å². The maximum Gasteiger partial charge on any atom is 0.299 e. The van der Waals surface area contributed by atoms with Crippen LogP contribution in [0.25, 0.3) is 0 Å². The van der Waals surface area contributed by atoms with Gasteiger partial charge in [0, 0.05) is 0 Å². The molecule has 0 spiro atoms. The van der Waals surface area contributed by atoms with E-state index in [2.05, 4.69) is 43.1 Å². The van der Waals surface area contributed by atoms with E-state index in [4.69, 9.17) is 9.84 Å². The van der Waals surface area contributed by atoms with Crippen molar-refractivity contribution in [3.05, 3.63) is 34.3 Å². The van der Waals surface area contributed by atoms with Crippen LogP contribution >= 0.6 is 11.3 Å². The quantitative estimate of drug-likeness (QED) is 0.934. The third-order valence-electron chi connectivity index (χ3n) is 2.82. The fourth-order valence-corrected chi connectivity index (χ4v) is 2.23. The number of ether oxygens (including phenoxy) is 1. The van der Waals surface area contributed by atoms with Crippen molar-refractivity contribution in [1.29, 1.82) is 0 Å². The minimum absolute atomic E-state index is 0.108. The topological polar surface area (TPSA) is 55.2 Å². The molecule has 1 heterocycles. The summed E-state index contributed by atoms with van der Waals surface area (Å²) in [4.78, 5) is 0. The Morgan fingerprint density at radius 1 is 1.26 bits per heavy atom. The van der Waals surface area contributed by atoms with Gasteiger partial charge in [-0.05, 0) is 29.5 Å². The predicted molar refractivity (Wildman–Crippen MR) is 75.8 cm³/mol. The molecule has 0 aliphatic heterocycles. The van der Waals surface area contributed by atoms with Gasteiger partial charge in [0.15, 0.2) is 0 Å². The number of aliphatic hydroxyl groups excluding tert-OH is 1. The zero-order valence-corrected chi connectivity index (χ0v) is 12.4. The van der Waals surface area contributed by atoms with E-state index in [9.17, 15) is 0 Å². The Morgan fingerprint density at radius 3 is 2.53 bits per heavy atom. The van der Waals surface area contributed by atoms with Gasteiger partial charge >= 0.3 is 0 Å². The molecule has 0 amide bonds. The van der Waals surface area contributed by atoms with Crippen LogP contribution < -0.4 is 4.74 Å². The predicted octanol–water partition coefficient (Wildman–Crippen LogP) is 3.43. The molecule has 0 saturated carbocycles. The van der Waals surface area contributed by atoms with Crippen LogP contribution in [-0.4, -0.2) is 15.3 Å². The highest BCUT2D eigenvalue weighted by Crippen LogP contribution is 2.31. The average molecular weight is 278 g/mol. The van der Waals surface area contributed by atoms with E-state index in [1.165, 1.54) is 16.9 Å². The normalized spacial score (nSPS) is 11.6. The van der Waals surface area contributed by atoms with Crippen LogP contribution in [0.15, 0.2) is 18.2 Å². The van der Waals surface area contributed by atoms with Crippen LogP contribution in [-0.2, 0) is 12.0 Å². The van der Waals surface area contributed by atoms with Gasteiger partial charge < -0.3 is 9.84 Å². The average Bonchev–Trinajstić information content (AvgIpc) is 2.78. The third-order valence-corrected chi connectivity index (χ3v) is 3.61. The van der Waals surface area contributed by atoms with Crippen molar-refractivity contribution in [3.63, 3.8) is 0 Å². The lowest BCUT2D eigenvalue weighted by atomic mass is 9.86. The van der Waals surface area contributed by atoms with Crippen molar-refractivity contribution >= 4 is 11.3 Å². The van der Waals surface area contributed by atoms with Crippen molar-refractivity contribution in [2.45, 2.75) is 39.7 Å². The van der Waals surface area contributed by atoms with Crippen LogP contribution in [0, 0.1) is 6.92 Å². The molecule has 2 aromatic rings. The minimum atomic E-state index is -0.108. The van der Waals surface area contributed by atoms with Gasteiger partial charge in [0.1, 0.15) is 10.8 Å². The van der Waals surface area contributed by atoms with E-state index in [1.807, 2.05) is 13.0 Å². The summed E-state index contributed by atoms with van der Waals surface area (Å²) < 4.78 is 5.69. The standard InChI is InChI=1S/C14H18N2O2S/c1-9-7-10(14(2,3)4)5-6-11(9)18-13-16-15-12(8-17)19-13/h5-7,17H,8H2,1-4H3. The molecule has 0 fully saturated rings. The number of aryl methyl sites for hydroxylation is 1. The Labute approximate surface area is 117 Å². The molecule has 0 atom stereocenters. The fraction of sp³-hybridized carbons (Fsp3) is 0.429. The summed E-state index contributed by atoms with van der Waals surface area (Å²) in [5.41, 5.74) is 2.45. The molecule has 0 aliphatic rings. The summed E-state index contributed by atoms with van der Waals surface area (Å²) >= 11 is 1.25. The molecule has 19 heavy (non-hydrogen) atoms.